The molecule has 0 unspecified atom stereocenters. The molecule has 0 bridgehead atoms. The molecule has 5 nitrogen and oxygen atoms in total. The molecular weight excluding hydrogens is 272 g/mol. The lowest BCUT2D eigenvalue weighted by atomic mass is 10.2. The second-order valence-electron chi connectivity index (χ2n) is 5.42. The fraction of sp³-hybridized carbons (Fsp3) is 0.714. The van der Waals surface area contributed by atoms with E-state index in [2.05, 4.69) is 22.1 Å². The van der Waals surface area contributed by atoms with Crippen molar-refractivity contribution in [3.63, 3.8) is 0 Å². The Morgan fingerprint density at radius 2 is 2.25 bits per heavy atom. The van der Waals surface area contributed by atoms with E-state index in [1.165, 1.54) is 4.88 Å². The monoisotopic (exact) mass is 294 g/mol. The van der Waals surface area contributed by atoms with E-state index in [9.17, 15) is 4.79 Å². The summed E-state index contributed by atoms with van der Waals surface area (Å²) in [4.78, 5) is 22.4. The Hall–Kier alpha value is -1.14. The third-order valence-electron chi connectivity index (χ3n) is 4.11. The minimum Gasteiger partial charge on any atom is -0.345 e. The molecule has 2 aliphatic rings. The molecule has 2 aliphatic heterocycles. The van der Waals surface area contributed by atoms with E-state index in [1.54, 1.807) is 11.3 Å². The number of nitrogens with zero attached hydrogens (tertiary/aromatic N) is 3. The van der Waals surface area contributed by atoms with Gasteiger partial charge in [0.25, 0.3) is 0 Å². The van der Waals surface area contributed by atoms with Crippen LogP contribution in [0.4, 0.5) is 5.13 Å². The third-order valence-corrected chi connectivity index (χ3v) is 5.31. The summed E-state index contributed by atoms with van der Waals surface area (Å²) in [6.45, 7) is 6.57. The summed E-state index contributed by atoms with van der Waals surface area (Å²) in [7, 11) is 0. The van der Waals surface area contributed by atoms with Gasteiger partial charge in [0, 0.05) is 37.3 Å². The average Bonchev–Trinajstić information content (AvgIpc) is 3.18. The van der Waals surface area contributed by atoms with Crippen molar-refractivity contribution in [2.75, 3.05) is 37.6 Å². The van der Waals surface area contributed by atoms with Crippen LogP contribution >= 0.6 is 11.3 Å². The predicted octanol–water partition coefficient (Wildman–Crippen LogP) is 1.11. The molecule has 3 heterocycles. The van der Waals surface area contributed by atoms with E-state index >= 15 is 0 Å². The van der Waals surface area contributed by atoms with Crippen molar-refractivity contribution in [2.45, 2.75) is 32.2 Å². The molecule has 20 heavy (non-hydrogen) atoms. The number of aryl methyl sites for hydroxylation is 1. The molecule has 0 spiro atoms. The highest BCUT2D eigenvalue weighted by atomic mass is 32.1. The summed E-state index contributed by atoms with van der Waals surface area (Å²) in [5.74, 6) is 0.288. The number of hydrogen-bond donors (Lipinski definition) is 1. The number of nitrogens with one attached hydrogen (secondary N) is 1. The quantitative estimate of drug-likeness (QED) is 0.907. The summed E-state index contributed by atoms with van der Waals surface area (Å²) in [5.41, 5.74) is 0. The number of carbonyl (C=O) groups is 1. The molecule has 0 aromatic carbocycles. The molecule has 0 aliphatic carbocycles. The minimum absolute atomic E-state index is 0.0631. The first-order valence-corrected chi connectivity index (χ1v) is 8.31. The second-order valence-corrected chi connectivity index (χ2v) is 6.52. The van der Waals surface area contributed by atoms with Gasteiger partial charge in [0.1, 0.15) is 0 Å². The topological polar surface area (TPSA) is 48.5 Å². The number of hydrogen-bond acceptors (Lipinski definition) is 5. The van der Waals surface area contributed by atoms with Crippen molar-refractivity contribution >= 4 is 22.4 Å². The zero-order chi connectivity index (χ0) is 13.9. The molecular formula is C14H22N4OS. The Labute approximate surface area is 124 Å². The molecule has 2 fully saturated rings. The van der Waals surface area contributed by atoms with Gasteiger partial charge in [-0.1, -0.05) is 6.92 Å². The van der Waals surface area contributed by atoms with E-state index < -0.39 is 0 Å². The summed E-state index contributed by atoms with van der Waals surface area (Å²) >= 11 is 1.77. The molecule has 1 aromatic heterocycles. The van der Waals surface area contributed by atoms with Gasteiger partial charge in [-0.15, -0.1) is 11.3 Å². The fourth-order valence-corrected chi connectivity index (χ4v) is 3.74. The highest BCUT2D eigenvalue weighted by molar-refractivity contribution is 7.15. The summed E-state index contributed by atoms with van der Waals surface area (Å²) < 4.78 is 0. The summed E-state index contributed by atoms with van der Waals surface area (Å²) in [5, 5.41) is 4.40. The lowest BCUT2D eigenvalue weighted by Crippen LogP contribution is -2.53. The molecule has 3 rings (SSSR count). The molecule has 110 valence electrons. The van der Waals surface area contributed by atoms with Gasteiger partial charge in [-0.05, 0) is 25.8 Å². The van der Waals surface area contributed by atoms with Crippen LogP contribution in [0.25, 0.3) is 0 Å². The lowest BCUT2D eigenvalue weighted by Gasteiger charge is -2.35. The highest BCUT2D eigenvalue weighted by Gasteiger charge is 2.29. The largest absolute Gasteiger partial charge is 0.345 e. The van der Waals surface area contributed by atoms with Crippen LogP contribution in [0.15, 0.2) is 6.20 Å². The summed E-state index contributed by atoms with van der Waals surface area (Å²) in [6, 6.07) is 0.0631. The van der Waals surface area contributed by atoms with Crippen molar-refractivity contribution in [3.8, 4) is 0 Å². The number of carbonyl (C=O) groups excluding carboxylic acids is 1. The standard InChI is InChI=1S/C14H22N4OS/c1-2-11-10-16-14(20-11)18-8-6-17(7-9-18)13(19)12-4-3-5-15-12/h10,12,15H,2-9H2,1H3/t12-/m0/s1. The molecule has 1 amide bonds. The zero-order valence-electron chi connectivity index (χ0n) is 12.0. The molecule has 1 N–H and O–H groups in total. The Morgan fingerprint density at radius 1 is 1.45 bits per heavy atom. The van der Waals surface area contributed by atoms with Crippen LogP contribution in [-0.4, -0.2) is 54.6 Å². The van der Waals surface area contributed by atoms with Crippen LogP contribution in [-0.2, 0) is 11.2 Å². The van der Waals surface area contributed by atoms with Crippen molar-refractivity contribution in [3.05, 3.63) is 11.1 Å². The van der Waals surface area contributed by atoms with Crippen LogP contribution in [0.5, 0.6) is 0 Å². The maximum Gasteiger partial charge on any atom is 0.239 e. The van der Waals surface area contributed by atoms with Gasteiger partial charge >= 0.3 is 0 Å². The van der Waals surface area contributed by atoms with Gasteiger partial charge < -0.3 is 15.1 Å². The van der Waals surface area contributed by atoms with Crippen molar-refractivity contribution < 1.29 is 4.79 Å². The molecule has 1 aromatic rings. The molecule has 6 heteroatoms. The fourth-order valence-electron chi connectivity index (χ4n) is 2.84. The van der Waals surface area contributed by atoms with Gasteiger partial charge in [-0.25, -0.2) is 4.98 Å². The van der Waals surface area contributed by atoms with Crippen LogP contribution in [0.3, 0.4) is 0 Å². The van der Waals surface area contributed by atoms with Gasteiger partial charge in [0.05, 0.1) is 6.04 Å². The van der Waals surface area contributed by atoms with E-state index in [-0.39, 0.29) is 11.9 Å². The first kappa shape index (κ1) is 13.8. The smallest absolute Gasteiger partial charge is 0.239 e. The van der Waals surface area contributed by atoms with Crippen molar-refractivity contribution in [1.82, 2.24) is 15.2 Å². The van der Waals surface area contributed by atoms with Gasteiger partial charge in [-0.3, -0.25) is 4.79 Å². The number of aromatic nitrogens is 1. The molecule has 0 radical (unpaired) electrons. The van der Waals surface area contributed by atoms with E-state index in [0.717, 1.165) is 57.1 Å². The first-order valence-electron chi connectivity index (χ1n) is 7.49. The maximum atomic E-state index is 12.3. The van der Waals surface area contributed by atoms with Gasteiger partial charge in [0.15, 0.2) is 5.13 Å². The number of amides is 1. The van der Waals surface area contributed by atoms with Gasteiger partial charge in [-0.2, -0.15) is 0 Å². The highest BCUT2D eigenvalue weighted by Crippen LogP contribution is 2.24. The van der Waals surface area contributed by atoms with E-state index in [4.69, 9.17) is 0 Å². The third kappa shape index (κ3) is 2.81. The van der Waals surface area contributed by atoms with Crippen LogP contribution in [0, 0.1) is 0 Å². The molecule has 2 saturated heterocycles. The lowest BCUT2D eigenvalue weighted by molar-refractivity contribution is -0.133. The van der Waals surface area contributed by atoms with Crippen LogP contribution in [0.2, 0.25) is 0 Å². The molecule has 0 saturated carbocycles. The Kier molecular flexibility index (Phi) is 4.21. The number of anilines is 1. The van der Waals surface area contributed by atoms with Crippen molar-refractivity contribution in [1.29, 1.82) is 0 Å². The van der Waals surface area contributed by atoms with E-state index in [0.29, 0.717) is 0 Å². The predicted molar refractivity (Wildman–Crippen MR) is 81.3 cm³/mol. The summed E-state index contributed by atoms with van der Waals surface area (Å²) in [6.07, 6.45) is 5.13. The maximum absolute atomic E-state index is 12.3. The molecule has 1 atom stereocenters. The van der Waals surface area contributed by atoms with Crippen molar-refractivity contribution in [2.24, 2.45) is 0 Å². The van der Waals surface area contributed by atoms with E-state index in [1.807, 2.05) is 11.1 Å². The Bertz CT molecular complexity index is 461. The van der Waals surface area contributed by atoms with Crippen LogP contribution in [0.1, 0.15) is 24.6 Å². The van der Waals surface area contributed by atoms with Crippen LogP contribution < -0.4 is 10.2 Å². The average molecular weight is 294 g/mol. The number of thiazole rings is 1. The minimum atomic E-state index is 0.0631. The number of rotatable bonds is 3. The number of piperazine rings is 1. The Morgan fingerprint density at radius 3 is 2.85 bits per heavy atom. The SMILES string of the molecule is CCc1cnc(N2CCN(C(=O)[C@@H]3CCCN3)CC2)s1. The first-order chi connectivity index (χ1) is 9.78. The Balaban J connectivity index is 1.55. The van der Waals surface area contributed by atoms with Gasteiger partial charge in [0.2, 0.25) is 5.91 Å². The second kappa shape index (κ2) is 6.10. The zero-order valence-corrected chi connectivity index (χ0v) is 12.8. The normalized spacial score (nSPS) is 23.4.